The molecule has 4 fully saturated rings. The number of nitrogens with zero attached hydrogens (tertiary/aromatic N) is 2. The van der Waals surface area contributed by atoms with Crippen molar-refractivity contribution in [2.24, 2.45) is 23.2 Å². The molecule has 0 saturated heterocycles. The van der Waals surface area contributed by atoms with Gasteiger partial charge in [-0.1, -0.05) is 0 Å². The molecule has 4 aliphatic rings. The van der Waals surface area contributed by atoms with E-state index in [1.165, 1.54) is 44.9 Å². The Balaban J connectivity index is 1.55. The van der Waals surface area contributed by atoms with Crippen LogP contribution in [-0.2, 0) is 0 Å². The number of hydrogen-bond acceptors (Lipinski definition) is 3. The summed E-state index contributed by atoms with van der Waals surface area (Å²) < 4.78 is 0. The lowest BCUT2D eigenvalue weighted by Gasteiger charge is -2.57. The topological polar surface area (TPSA) is 49.0 Å². The summed E-state index contributed by atoms with van der Waals surface area (Å²) in [6.45, 7) is 1.06. The third kappa shape index (κ3) is 2.05. The Morgan fingerprint density at radius 2 is 1.85 bits per heavy atom. The molecule has 20 heavy (non-hydrogen) atoms. The van der Waals surface area contributed by atoms with Gasteiger partial charge in [0, 0.05) is 19.7 Å². The predicted molar refractivity (Wildman–Crippen MR) is 78.7 cm³/mol. The van der Waals surface area contributed by atoms with E-state index in [-0.39, 0.29) is 5.56 Å². The van der Waals surface area contributed by atoms with Gasteiger partial charge >= 0.3 is 0 Å². The zero-order valence-corrected chi connectivity index (χ0v) is 12.1. The van der Waals surface area contributed by atoms with Crippen LogP contribution in [0.2, 0.25) is 0 Å². The average Bonchev–Trinajstić information content (AvgIpc) is 2.36. The normalized spacial score (nSPS) is 38.1. The lowest BCUT2D eigenvalue weighted by atomic mass is 9.49. The maximum atomic E-state index is 11.4. The molecule has 0 aromatic carbocycles. The van der Waals surface area contributed by atoms with Crippen LogP contribution in [0.15, 0.2) is 17.2 Å². The fraction of sp³-hybridized carbons (Fsp3) is 0.750. The van der Waals surface area contributed by atoms with Crippen molar-refractivity contribution in [1.82, 2.24) is 9.97 Å². The third-order valence-corrected chi connectivity index (χ3v) is 5.79. The average molecular weight is 273 g/mol. The second kappa shape index (κ2) is 4.34. The van der Waals surface area contributed by atoms with E-state index in [2.05, 4.69) is 21.9 Å². The summed E-state index contributed by atoms with van der Waals surface area (Å²) in [5, 5.41) is 0. The highest BCUT2D eigenvalue weighted by Gasteiger charge is 2.51. The molecule has 0 unspecified atom stereocenters. The molecule has 4 nitrogen and oxygen atoms in total. The van der Waals surface area contributed by atoms with Crippen molar-refractivity contribution in [1.29, 1.82) is 0 Å². The van der Waals surface area contributed by atoms with Crippen LogP contribution in [0.25, 0.3) is 0 Å². The Kier molecular flexibility index (Phi) is 2.69. The molecule has 4 aliphatic carbocycles. The van der Waals surface area contributed by atoms with Crippen LogP contribution in [0.3, 0.4) is 0 Å². The van der Waals surface area contributed by atoms with Crippen molar-refractivity contribution in [2.75, 3.05) is 18.5 Å². The summed E-state index contributed by atoms with van der Waals surface area (Å²) in [4.78, 5) is 20.5. The van der Waals surface area contributed by atoms with Crippen molar-refractivity contribution < 1.29 is 0 Å². The zero-order valence-electron chi connectivity index (χ0n) is 12.1. The Bertz CT molecular complexity index is 530. The third-order valence-electron chi connectivity index (χ3n) is 5.79. The van der Waals surface area contributed by atoms with E-state index in [9.17, 15) is 4.79 Å². The first-order chi connectivity index (χ1) is 9.62. The number of nitrogens with one attached hydrogen (secondary N) is 1. The first-order valence-corrected chi connectivity index (χ1v) is 7.88. The molecule has 1 aromatic heterocycles. The second-order valence-corrected chi connectivity index (χ2v) is 7.54. The van der Waals surface area contributed by atoms with Gasteiger partial charge in [0.1, 0.15) is 5.82 Å². The van der Waals surface area contributed by atoms with E-state index < -0.39 is 0 Å². The molecule has 0 aliphatic heterocycles. The SMILES string of the molecule is CN(CC12CC3CC(CC(C3)C1)C2)c1cc(=O)[nH]cn1. The molecule has 0 radical (unpaired) electrons. The van der Waals surface area contributed by atoms with Crippen LogP contribution in [0.1, 0.15) is 38.5 Å². The maximum absolute atomic E-state index is 11.4. The number of hydrogen-bond donors (Lipinski definition) is 1. The highest BCUT2D eigenvalue weighted by Crippen LogP contribution is 2.60. The number of rotatable bonds is 3. The van der Waals surface area contributed by atoms with Gasteiger partial charge in [0.2, 0.25) is 0 Å². The molecule has 4 heteroatoms. The molecule has 4 bridgehead atoms. The minimum absolute atomic E-state index is 0.0626. The lowest BCUT2D eigenvalue weighted by Crippen LogP contribution is -2.50. The fourth-order valence-electron chi connectivity index (χ4n) is 5.63. The minimum atomic E-state index is -0.0626. The van der Waals surface area contributed by atoms with Gasteiger partial charge in [-0.2, -0.15) is 0 Å². The summed E-state index contributed by atoms with van der Waals surface area (Å²) in [6.07, 6.45) is 10.1. The molecule has 0 atom stereocenters. The van der Waals surface area contributed by atoms with E-state index in [4.69, 9.17) is 0 Å². The van der Waals surface area contributed by atoms with Crippen molar-refractivity contribution in [2.45, 2.75) is 38.5 Å². The van der Waals surface area contributed by atoms with Crippen LogP contribution >= 0.6 is 0 Å². The molecule has 1 heterocycles. The van der Waals surface area contributed by atoms with Crippen LogP contribution in [-0.4, -0.2) is 23.6 Å². The summed E-state index contributed by atoms with van der Waals surface area (Å²) in [5.41, 5.74) is 0.431. The fourth-order valence-corrected chi connectivity index (χ4v) is 5.63. The van der Waals surface area contributed by atoms with Gasteiger partial charge in [0.25, 0.3) is 5.56 Å². The molecular formula is C16H23N3O. The Labute approximate surface area is 119 Å². The Morgan fingerprint density at radius 3 is 2.40 bits per heavy atom. The van der Waals surface area contributed by atoms with Crippen LogP contribution in [0, 0.1) is 23.2 Å². The van der Waals surface area contributed by atoms with Crippen molar-refractivity contribution in [3.05, 3.63) is 22.7 Å². The van der Waals surface area contributed by atoms with E-state index in [0.717, 1.165) is 30.1 Å². The molecule has 4 saturated carbocycles. The van der Waals surface area contributed by atoms with Crippen LogP contribution < -0.4 is 10.5 Å². The quantitative estimate of drug-likeness (QED) is 0.920. The summed E-state index contributed by atoms with van der Waals surface area (Å²) >= 11 is 0. The number of anilines is 1. The van der Waals surface area contributed by atoms with Crippen LogP contribution in [0.4, 0.5) is 5.82 Å². The van der Waals surface area contributed by atoms with Gasteiger partial charge in [0.05, 0.1) is 6.33 Å². The second-order valence-electron chi connectivity index (χ2n) is 7.54. The maximum Gasteiger partial charge on any atom is 0.252 e. The molecule has 1 aromatic rings. The Hall–Kier alpha value is -1.32. The molecule has 0 amide bonds. The number of H-pyrrole nitrogens is 1. The Morgan fingerprint density at radius 1 is 1.25 bits per heavy atom. The van der Waals surface area contributed by atoms with Crippen LogP contribution in [0.5, 0.6) is 0 Å². The highest BCUT2D eigenvalue weighted by atomic mass is 16.1. The molecule has 1 N–H and O–H groups in total. The van der Waals surface area contributed by atoms with Gasteiger partial charge in [0.15, 0.2) is 0 Å². The summed E-state index contributed by atoms with van der Waals surface area (Å²) in [5.74, 6) is 3.73. The molecule has 0 spiro atoms. The lowest BCUT2D eigenvalue weighted by molar-refractivity contribution is -0.0472. The molecule has 108 valence electrons. The van der Waals surface area contributed by atoms with Crippen molar-refractivity contribution in [3.63, 3.8) is 0 Å². The summed E-state index contributed by atoms with van der Waals surface area (Å²) in [7, 11) is 2.08. The van der Waals surface area contributed by atoms with Gasteiger partial charge in [-0.25, -0.2) is 4.98 Å². The smallest absolute Gasteiger partial charge is 0.252 e. The predicted octanol–water partition coefficient (Wildman–Crippen LogP) is 2.42. The van der Waals surface area contributed by atoms with Gasteiger partial charge in [-0.15, -0.1) is 0 Å². The molecule has 5 rings (SSSR count). The zero-order chi connectivity index (χ0) is 13.7. The van der Waals surface area contributed by atoms with Gasteiger partial charge in [-0.05, 0) is 61.7 Å². The molecular weight excluding hydrogens is 250 g/mol. The number of aromatic amines is 1. The van der Waals surface area contributed by atoms with E-state index in [1.54, 1.807) is 6.07 Å². The first kappa shape index (κ1) is 12.4. The number of aromatic nitrogens is 2. The van der Waals surface area contributed by atoms with Gasteiger partial charge in [-0.3, -0.25) is 4.79 Å². The van der Waals surface area contributed by atoms with Crippen molar-refractivity contribution in [3.8, 4) is 0 Å². The monoisotopic (exact) mass is 273 g/mol. The van der Waals surface area contributed by atoms with E-state index in [0.29, 0.717) is 5.41 Å². The van der Waals surface area contributed by atoms with E-state index >= 15 is 0 Å². The highest BCUT2D eigenvalue weighted by molar-refractivity contribution is 5.35. The summed E-state index contributed by atoms with van der Waals surface area (Å²) in [6, 6.07) is 1.61. The first-order valence-electron chi connectivity index (χ1n) is 7.88. The van der Waals surface area contributed by atoms with Crippen molar-refractivity contribution >= 4 is 5.82 Å². The largest absolute Gasteiger partial charge is 0.359 e. The standard InChI is InChI=1S/C16H23N3O/c1-19(14-5-15(20)18-10-17-14)9-16-6-11-2-12(7-16)4-13(3-11)8-16/h5,10-13H,2-4,6-9H2,1H3,(H,17,18,20). The minimum Gasteiger partial charge on any atom is -0.359 e. The van der Waals surface area contributed by atoms with Gasteiger partial charge < -0.3 is 9.88 Å². The van der Waals surface area contributed by atoms with E-state index in [1.807, 2.05) is 0 Å².